The number of nitrogens with zero attached hydrogens (tertiary/aromatic N) is 2. The van der Waals surface area contributed by atoms with Gasteiger partial charge in [0, 0.05) is 29.7 Å². The summed E-state index contributed by atoms with van der Waals surface area (Å²) < 4.78 is 0. The molecule has 3 heteroatoms. The normalized spacial score (nSPS) is 13.9. The van der Waals surface area contributed by atoms with Crippen LogP contribution in [0.4, 0.5) is 0 Å². The minimum absolute atomic E-state index is 0.0349. The van der Waals surface area contributed by atoms with Gasteiger partial charge in [-0.3, -0.25) is 9.97 Å². The van der Waals surface area contributed by atoms with Gasteiger partial charge in [0.05, 0.1) is 11.8 Å². The van der Waals surface area contributed by atoms with Crippen LogP contribution in [0.3, 0.4) is 0 Å². The van der Waals surface area contributed by atoms with Crippen molar-refractivity contribution in [3.63, 3.8) is 0 Å². The van der Waals surface area contributed by atoms with Crippen LogP contribution < -0.4 is 0 Å². The topological polar surface area (TPSA) is 46.0 Å². The summed E-state index contributed by atoms with van der Waals surface area (Å²) in [5, 5.41) is 10.5. The first-order valence-electron chi connectivity index (χ1n) is 9.82. The highest BCUT2D eigenvalue weighted by Crippen LogP contribution is 2.28. The van der Waals surface area contributed by atoms with Crippen LogP contribution in [-0.4, -0.2) is 15.1 Å². The highest BCUT2D eigenvalue weighted by atomic mass is 16.3. The first kappa shape index (κ1) is 21.3. The van der Waals surface area contributed by atoms with E-state index in [9.17, 15) is 5.11 Å². The van der Waals surface area contributed by atoms with Crippen molar-refractivity contribution in [2.24, 2.45) is 10.8 Å². The van der Waals surface area contributed by atoms with Crippen LogP contribution in [0.1, 0.15) is 71.6 Å². The molecular formula is C24H34N2O. The van der Waals surface area contributed by atoms with Crippen LogP contribution in [-0.2, 0) is 6.42 Å². The molecule has 0 aromatic carbocycles. The van der Waals surface area contributed by atoms with Crippen molar-refractivity contribution in [2.45, 2.75) is 66.9 Å². The van der Waals surface area contributed by atoms with Gasteiger partial charge in [0.1, 0.15) is 0 Å². The van der Waals surface area contributed by atoms with E-state index in [0.717, 1.165) is 29.7 Å². The van der Waals surface area contributed by atoms with E-state index in [-0.39, 0.29) is 5.41 Å². The van der Waals surface area contributed by atoms with Crippen LogP contribution in [0, 0.1) is 10.8 Å². The lowest BCUT2D eigenvalue weighted by molar-refractivity contribution is 0.226. The molecule has 27 heavy (non-hydrogen) atoms. The lowest BCUT2D eigenvalue weighted by atomic mass is 9.88. The Labute approximate surface area is 164 Å². The van der Waals surface area contributed by atoms with E-state index >= 15 is 0 Å². The fraction of sp³-hybridized carbons (Fsp3) is 0.500. The van der Waals surface area contributed by atoms with Crippen molar-refractivity contribution in [3.05, 3.63) is 60.1 Å². The van der Waals surface area contributed by atoms with Gasteiger partial charge >= 0.3 is 0 Å². The van der Waals surface area contributed by atoms with E-state index in [4.69, 9.17) is 0 Å². The summed E-state index contributed by atoms with van der Waals surface area (Å²) in [5.74, 6) is 0. The maximum Gasteiger partial charge on any atom is 0.0987 e. The number of aromatic nitrogens is 2. The molecule has 1 unspecified atom stereocenters. The fourth-order valence-corrected chi connectivity index (χ4v) is 2.95. The number of hydrogen-bond donors (Lipinski definition) is 1. The molecule has 0 saturated carbocycles. The van der Waals surface area contributed by atoms with Crippen molar-refractivity contribution in [1.29, 1.82) is 0 Å². The summed E-state index contributed by atoms with van der Waals surface area (Å²) in [6, 6.07) is 6.14. The van der Waals surface area contributed by atoms with Gasteiger partial charge in [0.15, 0.2) is 0 Å². The average Bonchev–Trinajstić information content (AvgIpc) is 2.58. The van der Waals surface area contributed by atoms with Crippen LogP contribution in [0.15, 0.2) is 48.9 Å². The Balaban J connectivity index is 2.23. The first-order chi connectivity index (χ1) is 12.6. The van der Waals surface area contributed by atoms with E-state index < -0.39 is 6.10 Å². The molecule has 2 rings (SSSR count). The van der Waals surface area contributed by atoms with Crippen molar-refractivity contribution in [2.75, 3.05) is 0 Å². The summed E-state index contributed by atoms with van der Waals surface area (Å²) in [4.78, 5) is 8.96. The van der Waals surface area contributed by atoms with Gasteiger partial charge in [-0.2, -0.15) is 0 Å². The predicted octanol–water partition coefficient (Wildman–Crippen LogP) is 6.15. The number of hydrogen-bond acceptors (Lipinski definition) is 3. The molecule has 1 N–H and O–H groups in total. The Hall–Kier alpha value is -2.00. The second-order valence-corrected chi connectivity index (χ2v) is 9.60. The van der Waals surface area contributed by atoms with Gasteiger partial charge in [0.2, 0.25) is 0 Å². The maximum absolute atomic E-state index is 10.5. The van der Waals surface area contributed by atoms with Gasteiger partial charge in [-0.15, -0.1) is 0 Å². The third-order valence-corrected chi connectivity index (χ3v) is 4.42. The van der Waals surface area contributed by atoms with Gasteiger partial charge in [0.25, 0.3) is 0 Å². The third-order valence-electron chi connectivity index (χ3n) is 4.42. The molecule has 0 amide bonds. The molecule has 2 aromatic heterocycles. The van der Waals surface area contributed by atoms with Gasteiger partial charge < -0.3 is 5.11 Å². The quantitative estimate of drug-likeness (QED) is 0.624. The fourth-order valence-electron chi connectivity index (χ4n) is 2.95. The second kappa shape index (κ2) is 8.79. The molecule has 0 bridgehead atoms. The van der Waals surface area contributed by atoms with Gasteiger partial charge in [-0.05, 0) is 47.8 Å². The predicted molar refractivity (Wildman–Crippen MR) is 113 cm³/mol. The summed E-state index contributed by atoms with van der Waals surface area (Å²) in [6.07, 6.45) is 11.9. The molecule has 0 spiro atoms. The minimum Gasteiger partial charge on any atom is -0.384 e. The van der Waals surface area contributed by atoms with Crippen molar-refractivity contribution >= 4 is 0 Å². The third kappa shape index (κ3) is 7.26. The Bertz CT molecular complexity index is 766. The number of pyridine rings is 2. The van der Waals surface area contributed by atoms with Gasteiger partial charge in [-0.25, -0.2) is 0 Å². The average molecular weight is 367 g/mol. The van der Waals surface area contributed by atoms with Crippen LogP contribution in [0.25, 0.3) is 11.3 Å². The van der Waals surface area contributed by atoms with Gasteiger partial charge in [-0.1, -0.05) is 59.8 Å². The molecule has 146 valence electrons. The van der Waals surface area contributed by atoms with Crippen molar-refractivity contribution in [3.8, 4) is 11.3 Å². The zero-order chi connectivity index (χ0) is 20.1. The molecular weight excluding hydrogens is 332 g/mol. The Morgan fingerprint density at radius 1 is 1.11 bits per heavy atom. The molecule has 2 heterocycles. The molecule has 0 saturated heterocycles. The maximum atomic E-state index is 10.5. The zero-order valence-electron chi connectivity index (χ0n) is 17.7. The van der Waals surface area contributed by atoms with Crippen LogP contribution in [0.2, 0.25) is 0 Å². The van der Waals surface area contributed by atoms with Crippen molar-refractivity contribution in [1.82, 2.24) is 9.97 Å². The Kier molecular flexibility index (Phi) is 6.94. The van der Waals surface area contributed by atoms with E-state index in [2.05, 4.69) is 57.6 Å². The first-order valence-corrected chi connectivity index (χ1v) is 9.82. The molecule has 1 atom stereocenters. The molecule has 0 aliphatic heterocycles. The molecule has 0 radical (unpaired) electrons. The SMILES string of the molecule is CC(C)(C)/C=C/C(O)c1cncc(-c2ncccc2CCCC(C)(C)C)c1. The van der Waals surface area contributed by atoms with E-state index in [1.807, 2.05) is 36.7 Å². The summed E-state index contributed by atoms with van der Waals surface area (Å²) in [5.41, 5.74) is 4.33. The number of aliphatic hydroxyl groups excluding tert-OH is 1. The monoisotopic (exact) mass is 366 g/mol. The molecule has 3 nitrogen and oxygen atoms in total. The van der Waals surface area contributed by atoms with Crippen LogP contribution >= 0.6 is 0 Å². The highest BCUT2D eigenvalue weighted by Gasteiger charge is 2.14. The second-order valence-electron chi connectivity index (χ2n) is 9.60. The Morgan fingerprint density at radius 3 is 2.52 bits per heavy atom. The number of allylic oxidation sites excluding steroid dienone is 1. The van der Waals surface area contributed by atoms with E-state index in [1.165, 1.54) is 12.0 Å². The molecule has 2 aromatic rings. The van der Waals surface area contributed by atoms with Crippen LogP contribution in [0.5, 0.6) is 0 Å². The zero-order valence-corrected chi connectivity index (χ0v) is 17.7. The highest BCUT2D eigenvalue weighted by molar-refractivity contribution is 5.62. The smallest absolute Gasteiger partial charge is 0.0987 e. The van der Waals surface area contributed by atoms with E-state index in [1.54, 1.807) is 6.20 Å². The van der Waals surface area contributed by atoms with Crippen molar-refractivity contribution < 1.29 is 5.11 Å². The lowest BCUT2D eigenvalue weighted by Gasteiger charge is -2.18. The Morgan fingerprint density at radius 2 is 1.85 bits per heavy atom. The lowest BCUT2D eigenvalue weighted by Crippen LogP contribution is -2.05. The van der Waals surface area contributed by atoms with E-state index in [0.29, 0.717) is 5.41 Å². The largest absolute Gasteiger partial charge is 0.384 e. The minimum atomic E-state index is -0.662. The number of rotatable bonds is 6. The number of aliphatic hydroxyl groups is 1. The standard InChI is InChI=1S/C24H34N2O/c1-23(2,3)12-7-9-18-10-8-14-26-22(18)20-15-19(16-25-17-20)21(27)11-13-24(4,5)6/h8,10-11,13-17,21,27H,7,9,12H2,1-6H3/b13-11+. The molecule has 0 fully saturated rings. The summed E-state index contributed by atoms with van der Waals surface area (Å²) in [7, 11) is 0. The summed E-state index contributed by atoms with van der Waals surface area (Å²) >= 11 is 0. The summed E-state index contributed by atoms with van der Waals surface area (Å²) in [6.45, 7) is 13.2. The molecule has 0 aliphatic carbocycles. The number of aryl methyl sites for hydroxylation is 1. The molecule has 0 aliphatic rings.